The van der Waals surface area contributed by atoms with Crippen molar-refractivity contribution in [1.29, 1.82) is 0 Å². The van der Waals surface area contributed by atoms with E-state index in [1.54, 1.807) is 0 Å². The molecule has 0 aliphatic heterocycles. The minimum Gasteiger partial charge on any atom is -0.394 e. The Morgan fingerprint density at radius 2 is 1.45 bits per heavy atom. The van der Waals surface area contributed by atoms with Crippen molar-refractivity contribution in [1.82, 2.24) is 0 Å². The van der Waals surface area contributed by atoms with Crippen LogP contribution in [0, 0.1) is 0 Å². The monoisotopic (exact) mass is 166 g/mol. The summed E-state index contributed by atoms with van der Waals surface area (Å²) in [6.45, 7) is 0.628. The number of hydrogen-bond acceptors (Lipinski definition) is 5. The highest BCUT2D eigenvalue weighted by atomic mass is 16.4. The Bertz CT molecular complexity index is 105. The van der Waals surface area contributed by atoms with Crippen LogP contribution in [0.1, 0.15) is 6.92 Å². The van der Waals surface area contributed by atoms with Crippen LogP contribution in [0.3, 0.4) is 0 Å². The van der Waals surface area contributed by atoms with Gasteiger partial charge in [0.2, 0.25) is 0 Å². The third-order valence-electron chi connectivity index (χ3n) is 1.43. The van der Waals surface area contributed by atoms with Gasteiger partial charge >= 0.3 is 0 Å². The van der Waals surface area contributed by atoms with E-state index in [1.807, 2.05) is 0 Å². The standard InChI is InChI=1S/C6H14O5/c1-3(8)5(10)6(11)4(9)2-7/h3-11H,2H2,1H3/t3-,4+,5-,6+/m1/s1. The molecule has 5 heteroatoms. The highest BCUT2D eigenvalue weighted by molar-refractivity contribution is 4.77. The van der Waals surface area contributed by atoms with Gasteiger partial charge in [-0.3, -0.25) is 0 Å². The fourth-order valence-corrected chi connectivity index (χ4v) is 0.621. The van der Waals surface area contributed by atoms with Crippen LogP contribution in [0.15, 0.2) is 0 Å². The molecule has 0 rings (SSSR count). The van der Waals surface area contributed by atoms with Crippen LogP contribution in [0.2, 0.25) is 0 Å². The van der Waals surface area contributed by atoms with Crippen LogP contribution < -0.4 is 0 Å². The summed E-state index contributed by atoms with van der Waals surface area (Å²) in [7, 11) is 0. The smallest absolute Gasteiger partial charge is 0.110 e. The first-order chi connectivity index (χ1) is 5.00. The molecule has 4 atom stereocenters. The zero-order valence-corrected chi connectivity index (χ0v) is 6.25. The summed E-state index contributed by atoms with van der Waals surface area (Å²) in [5, 5.41) is 43.7. The van der Waals surface area contributed by atoms with Crippen LogP contribution >= 0.6 is 0 Å². The van der Waals surface area contributed by atoms with Crippen LogP contribution in [0.5, 0.6) is 0 Å². The van der Waals surface area contributed by atoms with Crippen LogP contribution in [-0.4, -0.2) is 56.6 Å². The van der Waals surface area contributed by atoms with E-state index >= 15 is 0 Å². The molecule has 0 bridgehead atoms. The molecular formula is C6H14O5. The lowest BCUT2D eigenvalue weighted by atomic mass is 10.1. The van der Waals surface area contributed by atoms with E-state index in [0.29, 0.717) is 0 Å². The van der Waals surface area contributed by atoms with E-state index < -0.39 is 31.0 Å². The van der Waals surface area contributed by atoms with Crippen molar-refractivity contribution in [2.75, 3.05) is 6.61 Å². The molecule has 0 spiro atoms. The zero-order valence-electron chi connectivity index (χ0n) is 6.25. The minimum absolute atomic E-state index is 0.648. The molecule has 0 saturated carbocycles. The maximum Gasteiger partial charge on any atom is 0.110 e. The third-order valence-corrected chi connectivity index (χ3v) is 1.43. The van der Waals surface area contributed by atoms with Gasteiger partial charge in [0.1, 0.15) is 18.3 Å². The SMILES string of the molecule is C[C@@H](O)[C@@H](O)[C@@H](O)[C@@H](O)CO. The van der Waals surface area contributed by atoms with Gasteiger partial charge < -0.3 is 25.5 Å². The van der Waals surface area contributed by atoms with E-state index in [0.717, 1.165) is 0 Å². The van der Waals surface area contributed by atoms with E-state index in [-0.39, 0.29) is 0 Å². The number of aliphatic hydroxyl groups is 5. The normalized spacial score (nSPS) is 22.4. The summed E-state index contributed by atoms with van der Waals surface area (Å²) in [4.78, 5) is 0. The summed E-state index contributed by atoms with van der Waals surface area (Å²) in [6, 6.07) is 0. The lowest BCUT2D eigenvalue weighted by Crippen LogP contribution is -2.44. The molecule has 68 valence electrons. The Balaban J connectivity index is 3.90. The average Bonchev–Trinajstić information content (AvgIpc) is 2.00. The first-order valence-electron chi connectivity index (χ1n) is 3.33. The number of aliphatic hydroxyl groups excluding tert-OH is 5. The predicted molar refractivity (Wildman–Crippen MR) is 36.8 cm³/mol. The predicted octanol–water partition coefficient (Wildman–Crippen LogP) is -2.56. The highest BCUT2D eigenvalue weighted by Gasteiger charge is 2.27. The third kappa shape index (κ3) is 3.13. The van der Waals surface area contributed by atoms with Gasteiger partial charge in [-0.2, -0.15) is 0 Å². The van der Waals surface area contributed by atoms with E-state index in [4.69, 9.17) is 25.5 Å². The van der Waals surface area contributed by atoms with Gasteiger partial charge in [0.15, 0.2) is 0 Å². The number of rotatable bonds is 4. The van der Waals surface area contributed by atoms with Crippen LogP contribution in [0.4, 0.5) is 0 Å². The first-order valence-corrected chi connectivity index (χ1v) is 3.33. The average molecular weight is 166 g/mol. The molecule has 11 heavy (non-hydrogen) atoms. The first kappa shape index (κ1) is 10.8. The van der Waals surface area contributed by atoms with Gasteiger partial charge in [0.05, 0.1) is 12.7 Å². The Hall–Kier alpha value is -0.200. The molecule has 0 aliphatic carbocycles. The second kappa shape index (κ2) is 4.63. The molecule has 0 amide bonds. The molecule has 0 aliphatic rings. The number of hydrogen-bond donors (Lipinski definition) is 5. The molecule has 0 saturated heterocycles. The van der Waals surface area contributed by atoms with Gasteiger partial charge in [-0.25, -0.2) is 0 Å². The van der Waals surface area contributed by atoms with E-state index in [1.165, 1.54) is 6.92 Å². The second-order valence-electron chi connectivity index (χ2n) is 2.47. The maximum absolute atomic E-state index is 8.94. The summed E-state index contributed by atoms with van der Waals surface area (Å²) in [6.07, 6.45) is -5.50. The molecule has 5 N–H and O–H groups in total. The van der Waals surface area contributed by atoms with Crippen molar-refractivity contribution in [3.63, 3.8) is 0 Å². The summed E-state index contributed by atoms with van der Waals surface area (Å²) in [5.41, 5.74) is 0. The molecule has 0 unspecified atom stereocenters. The Kier molecular flexibility index (Phi) is 4.55. The molecule has 5 nitrogen and oxygen atoms in total. The summed E-state index contributed by atoms with van der Waals surface area (Å²) >= 11 is 0. The van der Waals surface area contributed by atoms with Crippen molar-refractivity contribution >= 4 is 0 Å². The Morgan fingerprint density at radius 1 is 1.00 bits per heavy atom. The summed E-state index contributed by atoms with van der Waals surface area (Å²) in [5.74, 6) is 0. The molecule has 0 fully saturated rings. The molecule has 0 heterocycles. The largest absolute Gasteiger partial charge is 0.394 e. The second-order valence-corrected chi connectivity index (χ2v) is 2.47. The maximum atomic E-state index is 8.94. The molecule has 0 aromatic rings. The van der Waals surface area contributed by atoms with Crippen molar-refractivity contribution in [3.05, 3.63) is 0 Å². The van der Waals surface area contributed by atoms with Crippen molar-refractivity contribution in [2.45, 2.75) is 31.3 Å². The quantitative estimate of drug-likeness (QED) is 0.316. The lowest BCUT2D eigenvalue weighted by Gasteiger charge is -2.23. The van der Waals surface area contributed by atoms with E-state index in [2.05, 4.69) is 0 Å². The Morgan fingerprint density at radius 3 is 1.73 bits per heavy atom. The fourth-order valence-electron chi connectivity index (χ4n) is 0.621. The highest BCUT2D eigenvalue weighted by Crippen LogP contribution is 2.03. The molecular weight excluding hydrogens is 152 g/mol. The van der Waals surface area contributed by atoms with Gasteiger partial charge in [-0.1, -0.05) is 0 Å². The summed E-state index contributed by atoms with van der Waals surface area (Å²) < 4.78 is 0. The Labute approximate surface area is 64.5 Å². The van der Waals surface area contributed by atoms with Crippen LogP contribution in [0.25, 0.3) is 0 Å². The lowest BCUT2D eigenvalue weighted by molar-refractivity contribution is -0.110. The molecule has 0 radical (unpaired) electrons. The molecule has 0 aromatic carbocycles. The van der Waals surface area contributed by atoms with Crippen LogP contribution in [-0.2, 0) is 0 Å². The zero-order chi connectivity index (χ0) is 9.02. The van der Waals surface area contributed by atoms with Crippen molar-refractivity contribution < 1.29 is 25.5 Å². The van der Waals surface area contributed by atoms with Crippen molar-refractivity contribution in [2.24, 2.45) is 0 Å². The molecule has 0 aromatic heterocycles. The van der Waals surface area contributed by atoms with E-state index in [9.17, 15) is 0 Å². The minimum atomic E-state index is -1.51. The van der Waals surface area contributed by atoms with Gasteiger partial charge in [0, 0.05) is 0 Å². The van der Waals surface area contributed by atoms with Gasteiger partial charge in [0.25, 0.3) is 0 Å². The van der Waals surface area contributed by atoms with Gasteiger partial charge in [-0.05, 0) is 6.92 Å². The van der Waals surface area contributed by atoms with Crippen molar-refractivity contribution in [3.8, 4) is 0 Å². The topological polar surface area (TPSA) is 101 Å². The van der Waals surface area contributed by atoms with Gasteiger partial charge in [-0.15, -0.1) is 0 Å². The fraction of sp³-hybridized carbons (Fsp3) is 1.00.